The van der Waals surface area contributed by atoms with Gasteiger partial charge in [0.1, 0.15) is 0 Å². The first-order valence-corrected chi connectivity index (χ1v) is 13.9. The van der Waals surface area contributed by atoms with Crippen molar-refractivity contribution in [3.05, 3.63) is 90.0 Å². The highest BCUT2D eigenvalue weighted by molar-refractivity contribution is 7.98. The van der Waals surface area contributed by atoms with E-state index in [9.17, 15) is 4.79 Å². The van der Waals surface area contributed by atoms with Crippen LogP contribution in [0.4, 0.5) is 5.13 Å². The number of amides is 1. The Morgan fingerprint density at radius 1 is 1.03 bits per heavy atom. The first kappa shape index (κ1) is 26.6. The molecule has 0 N–H and O–H groups in total. The summed E-state index contributed by atoms with van der Waals surface area (Å²) in [4.78, 5) is 24.7. The van der Waals surface area contributed by atoms with E-state index in [0.29, 0.717) is 6.54 Å². The maximum absolute atomic E-state index is 14.4. The van der Waals surface area contributed by atoms with Gasteiger partial charge in [0.2, 0.25) is 5.91 Å². The van der Waals surface area contributed by atoms with E-state index in [2.05, 4.69) is 29.4 Å². The predicted molar refractivity (Wildman–Crippen MR) is 153 cm³/mol. The summed E-state index contributed by atoms with van der Waals surface area (Å²) in [6.07, 6.45) is 2.07. The standard InChI is InChI=1S/C28H29N3O2S2.ClH/c1-34-23-12-13-24-25(20-23)35-28(29-24)31(15-14-30-16-18-33-19-17-30)27(32)26(21-8-4-2-5-9-21)22-10-6-3-7-11-22;/h2-13,20,26H,14-19H2,1H3;1H. The van der Waals surface area contributed by atoms with Gasteiger partial charge in [-0.25, -0.2) is 4.98 Å². The summed E-state index contributed by atoms with van der Waals surface area (Å²) in [5.74, 6) is -0.337. The minimum absolute atomic E-state index is 0. The predicted octanol–water partition coefficient (Wildman–Crippen LogP) is 5.94. The number of aromatic nitrogens is 1. The van der Waals surface area contributed by atoms with Crippen LogP contribution < -0.4 is 4.90 Å². The van der Waals surface area contributed by atoms with E-state index >= 15 is 0 Å². The van der Waals surface area contributed by atoms with Crippen LogP contribution in [0.5, 0.6) is 0 Å². The number of fused-ring (bicyclic) bond motifs is 1. The third-order valence-corrected chi connectivity index (χ3v) is 8.10. The second-order valence-electron chi connectivity index (χ2n) is 8.53. The zero-order chi connectivity index (χ0) is 24.0. The number of carbonyl (C=O) groups excluding carboxylic acids is 1. The second kappa shape index (κ2) is 12.7. The van der Waals surface area contributed by atoms with Gasteiger partial charge in [0.25, 0.3) is 0 Å². The second-order valence-corrected chi connectivity index (χ2v) is 10.4. The molecule has 0 saturated carbocycles. The van der Waals surface area contributed by atoms with Crippen molar-refractivity contribution in [3.8, 4) is 0 Å². The van der Waals surface area contributed by atoms with Crippen molar-refractivity contribution in [3.63, 3.8) is 0 Å². The van der Waals surface area contributed by atoms with E-state index in [1.165, 1.54) is 4.90 Å². The highest BCUT2D eigenvalue weighted by Gasteiger charge is 2.30. The van der Waals surface area contributed by atoms with Gasteiger partial charge >= 0.3 is 0 Å². The molecule has 8 heteroatoms. The van der Waals surface area contributed by atoms with Gasteiger partial charge in [0.15, 0.2) is 5.13 Å². The molecule has 188 valence electrons. The maximum Gasteiger partial charge on any atom is 0.240 e. The van der Waals surface area contributed by atoms with Crippen molar-refractivity contribution < 1.29 is 9.53 Å². The summed E-state index contributed by atoms with van der Waals surface area (Å²) in [5, 5.41) is 0.758. The van der Waals surface area contributed by atoms with Gasteiger partial charge in [-0.15, -0.1) is 24.2 Å². The van der Waals surface area contributed by atoms with Crippen LogP contribution in [0.25, 0.3) is 10.2 Å². The Balaban J connectivity index is 0.00000304. The lowest BCUT2D eigenvalue weighted by atomic mass is 9.90. The van der Waals surface area contributed by atoms with Crippen molar-refractivity contribution >= 4 is 56.8 Å². The van der Waals surface area contributed by atoms with Crippen LogP contribution in [-0.2, 0) is 9.53 Å². The highest BCUT2D eigenvalue weighted by atomic mass is 35.5. The molecular formula is C28H30ClN3O2S2. The summed E-state index contributed by atoms with van der Waals surface area (Å²) in [7, 11) is 0. The van der Waals surface area contributed by atoms with E-state index < -0.39 is 5.92 Å². The van der Waals surface area contributed by atoms with Crippen LogP contribution in [0.3, 0.4) is 0 Å². The number of morpholine rings is 1. The van der Waals surface area contributed by atoms with Gasteiger partial charge in [-0.05, 0) is 35.6 Å². The molecule has 0 unspecified atom stereocenters. The fourth-order valence-electron chi connectivity index (χ4n) is 4.43. The quantitative estimate of drug-likeness (QED) is 0.259. The number of hydrogen-bond acceptors (Lipinski definition) is 6. The largest absolute Gasteiger partial charge is 0.379 e. The lowest BCUT2D eigenvalue weighted by Gasteiger charge is -2.31. The molecule has 3 aromatic carbocycles. The van der Waals surface area contributed by atoms with Gasteiger partial charge in [-0.2, -0.15) is 0 Å². The zero-order valence-corrected chi connectivity index (χ0v) is 22.7. The average molecular weight is 540 g/mol. The SMILES string of the molecule is CSc1ccc2nc(N(CCN3CCOCC3)C(=O)C(c3ccccc3)c3ccccc3)sc2c1.Cl. The van der Waals surface area contributed by atoms with Gasteiger partial charge < -0.3 is 4.74 Å². The molecule has 4 aromatic rings. The van der Waals surface area contributed by atoms with Crippen LogP contribution in [0.15, 0.2) is 83.8 Å². The van der Waals surface area contributed by atoms with Crippen LogP contribution in [0, 0.1) is 0 Å². The monoisotopic (exact) mass is 539 g/mol. The van der Waals surface area contributed by atoms with Crippen molar-refractivity contribution in [2.75, 3.05) is 50.5 Å². The topological polar surface area (TPSA) is 45.7 Å². The first-order chi connectivity index (χ1) is 17.2. The Kier molecular flexibility index (Phi) is 9.40. The molecule has 1 aliphatic rings. The Morgan fingerprint density at radius 2 is 1.67 bits per heavy atom. The minimum atomic E-state index is -0.393. The zero-order valence-electron chi connectivity index (χ0n) is 20.2. The van der Waals surface area contributed by atoms with E-state index in [4.69, 9.17) is 9.72 Å². The smallest absolute Gasteiger partial charge is 0.240 e. The number of nitrogens with zero attached hydrogens (tertiary/aromatic N) is 3. The molecular weight excluding hydrogens is 510 g/mol. The van der Waals surface area contributed by atoms with Crippen LogP contribution >= 0.6 is 35.5 Å². The van der Waals surface area contributed by atoms with E-state index in [1.807, 2.05) is 65.6 Å². The van der Waals surface area contributed by atoms with Gasteiger partial charge in [-0.3, -0.25) is 14.6 Å². The first-order valence-electron chi connectivity index (χ1n) is 11.9. The molecule has 2 heterocycles. The molecule has 36 heavy (non-hydrogen) atoms. The van der Waals surface area contributed by atoms with E-state index in [1.54, 1.807) is 23.1 Å². The normalized spacial score (nSPS) is 14.1. The molecule has 5 nitrogen and oxygen atoms in total. The molecule has 5 rings (SSSR count). The Bertz CT molecular complexity index is 1220. The molecule has 1 saturated heterocycles. The lowest BCUT2D eigenvalue weighted by Crippen LogP contribution is -2.44. The summed E-state index contributed by atoms with van der Waals surface area (Å²) in [6.45, 7) is 4.63. The molecule has 1 fully saturated rings. The van der Waals surface area contributed by atoms with Gasteiger partial charge in [0.05, 0.1) is 29.3 Å². The number of carbonyl (C=O) groups is 1. The van der Waals surface area contributed by atoms with E-state index in [0.717, 1.165) is 59.3 Å². The molecule has 1 aromatic heterocycles. The molecule has 1 aliphatic heterocycles. The van der Waals surface area contributed by atoms with Crippen molar-refractivity contribution in [2.45, 2.75) is 10.8 Å². The number of halogens is 1. The Labute approximate surface area is 226 Å². The number of benzene rings is 3. The minimum Gasteiger partial charge on any atom is -0.379 e. The molecule has 0 spiro atoms. The van der Waals surface area contributed by atoms with Gasteiger partial charge in [0, 0.05) is 31.1 Å². The van der Waals surface area contributed by atoms with Gasteiger partial charge in [-0.1, -0.05) is 72.0 Å². The Hall–Kier alpha value is -2.42. The van der Waals surface area contributed by atoms with Crippen molar-refractivity contribution in [1.82, 2.24) is 9.88 Å². The van der Waals surface area contributed by atoms with Crippen LogP contribution in [-0.4, -0.2) is 61.4 Å². The molecule has 0 aliphatic carbocycles. The van der Waals surface area contributed by atoms with Crippen LogP contribution in [0.2, 0.25) is 0 Å². The van der Waals surface area contributed by atoms with Crippen LogP contribution in [0.1, 0.15) is 17.0 Å². The summed E-state index contributed by atoms with van der Waals surface area (Å²) >= 11 is 3.31. The fourth-order valence-corrected chi connectivity index (χ4v) is 5.98. The number of hydrogen-bond donors (Lipinski definition) is 0. The number of anilines is 1. The number of ether oxygens (including phenoxy) is 1. The summed E-state index contributed by atoms with van der Waals surface area (Å²) < 4.78 is 6.62. The van der Waals surface area contributed by atoms with E-state index in [-0.39, 0.29) is 18.3 Å². The summed E-state index contributed by atoms with van der Waals surface area (Å²) in [6, 6.07) is 26.4. The summed E-state index contributed by atoms with van der Waals surface area (Å²) in [5.41, 5.74) is 2.92. The third-order valence-electron chi connectivity index (χ3n) is 6.34. The number of thioether (sulfide) groups is 1. The number of rotatable bonds is 8. The Morgan fingerprint density at radius 3 is 2.28 bits per heavy atom. The molecule has 0 radical (unpaired) electrons. The molecule has 0 atom stereocenters. The van der Waals surface area contributed by atoms with Crippen molar-refractivity contribution in [2.24, 2.45) is 0 Å². The highest BCUT2D eigenvalue weighted by Crippen LogP contribution is 2.35. The maximum atomic E-state index is 14.4. The third kappa shape index (κ3) is 6.10. The fraction of sp³-hybridized carbons (Fsp3) is 0.286. The lowest BCUT2D eigenvalue weighted by molar-refractivity contribution is -0.119. The number of thiazole rings is 1. The average Bonchev–Trinajstić information content (AvgIpc) is 3.34. The molecule has 1 amide bonds. The molecule has 0 bridgehead atoms. The van der Waals surface area contributed by atoms with Crippen molar-refractivity contribution in [1.29, 1.82) is 0 Å².